The molecular formula is C18H38N2O4. The van der Waals surface area contributed by atoms with Crippen LogP contribution in [0, 0.1) is 5.41 Å². The fourth-order valence-corrected chi connectivity index (χ4v) is 1.92. The lowest BCUT2D eigenvalue weighted by atomic mass is 9.95. The molecule has 0 heterocycles. The second-order valence-electron chi connectivity index (χ2n) is 7.99. The predicted octanol–water partition coefficient (Wildman–Crippen LogP) is 1.93. The molecule has 0 aliphatic rings. The number of hydrogen-bond acceptors (Lipinski definition) is 5. The van der Waals surface area contributed by atoms with E-state index in [1.807, 2.05) is 20.8 Å². The second kappa shape index (κ2) is 11.8. The lowest BCUT2D eigenvalue weighted by molar-refractivity contribution is -0.138. The highest BCUT2D eigenvalue weighted by atomic mass is 16.5. The molecule has 0 unspecified atom stereocenters. The van der Waals surface area contributed by atoms with Crippen LogP contribution in [0.4, 0.5) is 0 Å². The Kier molecular flexibility index (Phi) is 11.5. The summed E-state index contributed by atoms with van der Waals surface area (Å²) in [6.45, 7) is 17.0. The Balaban J connectivity index is 3.36. The molecule has 0 fully saturated rings. The molecule has 0 aromatic rings. The number of amides is 1. The zero-order valence-corrected chi connectivity index (χ0v) is 16.7. The van der Waals surface area contributed by atoms with E-state index in [2.05, 4.69) is 26.1 Å². The van der Waals surface area contributed by atoms with Gasteiger partial charge in [-0.05, 0) is 20.8 Å². The number of carbonyl (C=O) groups excluding carboxylic acids is 1. The van der Waals surface area contributed by atoms with Gasteiger partial charge in [0.2, 0.25) is 5.91 Å². The molecule has 1 N–H and O–H groups in total. The molecule has 0 radical (unpaired) electrons. The first-order valence-electron chi connectivity index (χ1n) is 8.78. The normalized spacial score (nSPS) is 12.5. The Bertz CT molecular complexity index is 335. The van der Waals surface area contributed by atoms with Gasteiger partial charge in [0.05, 0.1) is 39.6 Å². The zero-order chi connectivity index (χ0) is 18.6. The molecule has 6 nitrogen and oxygen atoms in total. The van der Waals surface area contributed by atoms with E-state index in [1.165, 1.54) is 0 Å². The molecule has 0 aliphatic carbocycles. The van der Waals surface area contributed by atoms with Crippen LogP contribution in [0.1, 0.15) is 41.5 Å². The van der Waals surface area contributed by atoms with Crippen molar-refractivity contribution in [3.8, 4) is 0 Å². The van der Waals surface area contributed by atoms with Crippen molar-refractivity contribution in [3.05, 3.63) is 0 Å². The maximum Gasteiger partial charge on any atom is 0.227 e. The van der Waals surface area contributed by atoms with Gasteiger partial charge in [0.1, 0.15) is 0 Å². The van der Waals surface area contributed by atoms with E-state index in [9.17, 15) is 4.79 Å². The van der Waals surface area contributed by atoms with Crippen molar-refractivity contribution in [3.63, 3.8) is 0 Å². The molecule has 0 aliphatic heterocycles. The fourth-order valence-electron chi connectivity index (χ4n) is 1.92. The summed E-state index contributed by atoms with van der Waals surface area (Å²) in [7, 11) is 1.80. The molecule has 144 valence electrons. The maximum atomic E-state index is 12.0. The third-order valence-corrected chi connectivity index (χ3v) is 3.21. The molecule has 1 amide bonds. The molecule has 0 aromatic heterocycles. The van der Waals surface area contributed by atoms with Crippen LogP contribution >= 0.6 is 0 Å². The van der Waals surface area contributed by atoms with Gasteiger partial charge in [-0.1, -0.05) is 20.8 Å². The fraction of sp³-hybridized carbons (Fsp3) is 0.944. The number of hydrogen-bond donors (Lipinski definition) is 1. The summed E-state index contributed by atoms with van der Waals surface area (Å²) in [5.74, 6) is 0.125. The van der Waals surface area contributed by atoms with E-state index in [-0.39, 0.29) is 16.9 Å². The zero-order valence-electron chi connectivity index (χ0n) is 16.7. The van der Waals surface area contributed by atoms with Crippen molar-refractivity contribution in [2.75, 3.05) is 59.8 Å². The van der Waals surface area contributed by atoms with E-state index >= 15 is 0 Å². The lowest BCUT2D eigenvalue weighted by Gasteiger charge is -2.25. The highest BCUT2D eigenvalue weighted by Crippen LogP contribution is 2.15. The molecule has 6 heteroatoms. The quantitative estimate of drug-likeness (QED) is 0.547. The van der Waals surface area contributed by atoms with Crippen molar-refractivity contribution in [1.29, 1.82) is 0 Å². The van der Waals surface area contributed by atoms with Crippen LogP contribution in [0.2, 0.25) is 0 Å². The summed E-state index contributed by atoms with van der Waals surface area (Å²) >= 11 is 0. The van der Waals surface area contributed by atoms with Gasteiger partial charge in [0.15, 0.2) is 0 Å². The third kappa shape index (κ3) is 13.7. The van der Waals surface area contributed by atoms with Crippen LogP contribution in [-0.4, -0.2) is 76.1 Å². The first-order valence-corrected chi connectivity index (χ1v) is 8.78. The Morgan fingerprint density at radius 2 is 1.29 bits per heavy atom. The number of likely N-dealkylation sites (N-methyl/N-ethyl adjacent to an activating group) is 1. The number of carbonyl (C=O) groups is 1. The minimum atomic E-state index is -0.347. The van der Waals surface area contributed by atoms with Crippen LogP contribution < -0.4 is 5.32 Å². The van der Waals surface area contributed by atoms with Gasteiger partial charge in [-0.3, -0.25) is 4.79 Å². The summed E-state index contributed by atoms with van der Waals surface area (Å²) in [5, 5.41) is 3.36. The highest BCUT2D eigenvalue weighted by molar-refractivity contribution is 5.81. The van der Waals surface area contributed by atoms with E-state index in [0.29, 0.717) is 46.2 Å². The Hall–Kier alpha value is -0.690. The van der Waals surface area contributed by atoms with Crippen molar-refractivity contribution < 1.29 is 19.0 Å². The summed E-state index contributed by atoms with van der Waals surface area (Å²) in [5.41, 5.74) is -0.219. The molecule has 0 atom stereocenters. The molecule has 24 heavy (non-hydrogen) atoms. The Morgan fingerprint density at radius 1 is 0.833 bits per heavy atom. The van der Waals surface area contributed by atoms with Gasteiger partial charge in [0.25, 0.3) is 0 Å². The van der Waals surface area contributed by atoms with E-state index in [1.54, 1.807) is 11.9 Å². The molecular weight excluding hydrogens is 308 g/mol. The first kappa shape index (κ1) is 23.3. The average molecular weight is 347 g/mol. The van der Waals surface area contributed by atoms with Gasteiger partial charge >= 0.3 is 0 Å². The third-order valence-electron chi connectivity index (χ3n) is 3.21. The van der Waals surface area contributed by atoms with Crippen molar-refractivity contribution in [1.82, 2.24) is 10.2 Å². The number of ether oxygens (including phenoxy) is 3. The van der Waals surface area contributed by atoms with E-state index in [0.717, 1.165) is 6.54 Å². The van der Waals surface area contributed by atoms with Crippen molar-refractivity contribution in [2.45, 2.75) is 47.1 Å². The predicted molar refractivity (Wildman–Crippen MR) is 97.3 cm³/mol. The van der Waals surface area contributed by atoms with Gasteiger partial charge in [-0.2, -0.15) is 0 Å². The SMILES string of the molecule is CN(CCOCCOCCOCCNC(C)(C)C)C(=O)C(C)(C)C. The summed E-state index contributed by atoms with van der Waals surface area (Å²) < 4.78 is 16.4. The lowest BCUT2D eigenvalue weighted by Crippen LogP contribution is -2.38. The average Bonchev–Trinajstić information content (AvgIpc) is 2.45. The minimum absolute atomic E-state index is 0.125. The van der Waals surface area contributed by atoms with Gasteiger partial charge < -0.3 is 24.4 Å². The number of nitrogens with zero attached hydrogens (tertiary/aromatic N) is 1. The van der Waals surface area contributed by atoms with Crippen LogP contribution in [0.25, 0.3) is 0 Å². The smallest absolute Gasteiger partial charge is 0.227 e. The minimum Gasteiger partial charge on any atom is -0.378 e. The molecule has 0 saturated carbocycles. The number of rotatable bonds is 12. The molecule has 0 rings (SSSR count). The van der Waals surface area contributed by atoms with Crippen LogP contribution in [0.15, 0.2) is 0 Å². The van der Waals surface area contributed by atoms with E-state index < -0.39 is 0 Å². The van der Waals surface area contributed by atoms with Crippen LogP contribution in [0.3, 0.4) is 0 Å². The standard InChI is InChI=1S/C18H38N2O4/c1-17(2,3)16(21)20(7)9-11-23-13-15-24-14-12-22-10-8-19-18(4,5)6/h19H,8-15H2,1-7H3. The monoisotopic (exact) mass is 346 g/mol. The molecule has 0 bridgehead atoms. The summed E-state index contributed by atoms with van der Waals surface area (Å²) in [4.78, 5) is 13.7. The van der Waals surface area contributed by atoms with Gasteiger partial charge in [-0.25, -0.2) is 0 Å². The summed E-state index contributed by atoms with van der Waals surface area (Å²) in [6, 6.07) is 0. The van der Waals surface area contributed by atoms with Crippen molar-refractivity contribution >= 4 is 5.91 Å². The first-order chi connectivity index (χ1) is 11.0. The largest absolute Gasteiger partial charge is 0.378 e. The van der Waals surface area contributed by atoms with Crippen molar-refractivity contribution in [2.24, 2.45) is 5.41 Å². The van der Waals surface area contributed by atoms with Gasteiger partial charge in [-0.15, -0.1) is 0 Å². The molecule has 0 spiro atoms. The summed E-state index contributed by atoms with van der Waals surface area (Å²) in [6.07, 6.45) is 0. The van der Waals surface area contributed by atoms with Crippen LogP contribution in [-0.2, 0) is 19.0 Å². The second-order valence-corrected chi connectivity index (χ2v) is 7.99. The Morgan fingerprint density at radius 3 is 1.75 bits per heavy atom. The number of nitrogens with one attached hydrogen (secondary N) is 1. The molecule has 0 saturated heterocycles. The highest BCUT2D eigenvalue weighted by Gasteiger charge is 2.24. The Labute approximate surface area is 148 Å². The van der Waals surface area contributed by atoms with Gasteiger partial charge in [0, 0.05) is 31.1 Å². The van der Waals surface area contributed by atoms with Crippen LogP contribution in [0.5, 0.6) is 0 Å². The van der Waals surface area contributed by atoms with E-state index in [4.69, 9.17) is 14.2 Å². The topological polar surface area (TPSA) is 60.0 Å². The molecule has 0 aromatic carbocycles. The maximum absolute atomic E-state index is 12.0.